The lowest BCUT2D eigenvalue weighted by molar-refractivity contribution is 0.0633. The Morgan fingerprint density at radius 3 is 2.82 bits per heavy atom. The highest BCUT2D eigenvalue weighted by Crippen LogP contribution is 2.25. The molecule has 17 heavy (non-hydrogen) atoms. The van der Waals surface area contributed by atoms with E-state index in [1.807, 2.05) is 0 Å². The molecular formula is C11H18N4O2. The van der Waals surface area contributed by atoms with Gasteiger partial charge in [-0.05, 0) is 12.8 Å². The molecule has 2 rings (SSSR count). The number of aromatic amines is 1. The van der Waals surface area contributed by atoms with Crippen LogP contribution in [0.15, 0.2) is 6.20 Å². The summed E-state index contributed by atoms with van der Waals surface area (Å²) in [6.07, 6.45) is 5.70. The van der Waals surface area contributed by atoms with E-state index in [1.165, 1.54) is 6.20 Å². The number of aliphatic hydroxyl groups excluding tert-OH is 1. The quantitative estimate of drug-likeness (QED) is 0.706. The molecular weight excluding hydrogens is 220 g/mol. The molecule has 4 N–H and O–H groups in total. The number of nitrogen functional groups attached to an aromatic ring is 1. The molecule has 1 aliphatic carbocycles. The van der Waals surface area contributed by atoms with Crippen LogP contribution in [0.25, 0.3) is 0 Å². The molecule has 94 valence electrons. The van der Waals surface area contributed by atoms with Crippen LogP contribution < -0.4 is 5.73 Å². The summed E-state index contributed by atoms with van der Waals surface area (Å²) in [4.78, 5) is 14.0. The Labute approximate surface area is 99.8 Å². The minimum absolute atomic E-state index is 0.0315. The molecule has 0 atom stereocenters. The van der Waals surface area contributed by atoms with Gasteiger partial charge in [0.25, 0.3) is 5.91 Å². The van der Waals surface area contributed by atoms with E-state index < -0.39 is 0 Å². The van der Waals surface area contributed by atoms with Crippen LogP contribution in [0.2, 0.25) is 0 Å². The second kappa shape index (κ2) is 5.18. The average molecular weight is 238 g/mol. The Kier molecular flexibility index (Phi) is 3.63. The molecule has 0 saturated heterocycles. The molecule has 0 aromatic carbocycles. The number of aliphatic hydroxyl groups is 1. The summed E-state index contributed by atoms with van der Waals surface area (Å²) in [5.41, 5.74) is 6.35. The number of carbonyl (C=O) groups excluding carboxylic acids is 1. The van der Waals surface area contributed by atoms with Crippen molar-refractivity contribution < 1.29 is 9.90 Å². The lowest BCUT2D eigenvalue weighted by atomic mass is 10.2. The molecule has 1 aliphatic rings. The number of H-pyrrole nitrogens is 1. The standard InChI is InChI=1S/C11H18N4O2/c12-9-7-13-14-10(9)11(17)15(5-6-16)8-3-1-2-4-8/h7-8,16H,1-6,12H2,(H,13,14). The van der Waals surface area contributed by atoms with Gasteiger partial charge in [-0.1, -0.05) is 12.8 Å². The van der Waals surface area contributed by atoms with Gasteiger partial charge in [-0.3, -0.25) is 9.89 Å². The molecule has 0 bridgehead atoms. The van der Waals surface area contributed by atoms with Gasteiger partial charge in [-0.25, -0.2) is 0 Å². The minimum atomic E-state index is -0.166. The van der Waals surface area contributed by atoms with Gasteiger partial charge in [0.1, 0.15) is 5.69 Å². The van der Waals surface area contributed by atoms with Gasteiger partial charge < -0.3 is 15.7 Å². The molecule has 6 nitrogen and oxygen atoms in total. The second-order valence-electron chi connectivity index (χ2n) is 4.36. The van der Waals surface area contributed by atoms with Gasteiger partial charge in [0.15, 0.2) is 0 Å². The highest BCUT2D eigenvalue weighted by Gasteiger charge is 2.28. The van der Waals surface area contributed by atoms with E-state index in [4.69, 9.17) is 10.8 Å². The van der Waals surface area contributed by atoms with E-state index in [0.29, 0.717) is 17.9 Å². The van der Waals surface area contributed by atoms with Gasteiger partial charge in [0.05, 0.1) is 18.5 Å². The van der Waals surface area contributed by atoms with Crippen molar-refractivity contribution in [2.75, 3.05) is 18.9 Å². The SMILES string of the molecule is Nc1cn[nH]c1C(=O)N(CCO)C1CCCC1. The number of hydrogen-bond donors (Lipinski definition) is 3. The summed E-state index contributed by atoms with van der Waals surface area (Å²) in [5, 5.41) is 15.4. The number of anilines is 1. The maximum atomic E-state index is 12.3. The number of rotatable bonds is 4. The minimum Gasteiger partial charge on any atom is -0.396 e. The van der Waals surface area contributed by atoms with E-state index in [-0.39, 0.29) is 18.6 Å². The first-order chi connectivity index (χ1) is 8.24. The lowest BCUT2D eigenvalue weighted by Crippen LogP contribution is -2.41. The van der Waals surface area contributed by atoms with Gasteiger partial charge in [0.2, 0.25) is 0 Å². The van der Waals surface area contributed by atoms with Crippen LogP contribution in [0, 0.1) is 0 Å². The summed E-state index contributed by atoms with van der Waals surface area (Å²) in [6.45, 7) is 0.318. The van der Waals surface area contributed by atoms with E-state index in [9.17, 15) is 4.79 Å². The molecule has 1 aromatic rings. The van der Waals surface area contributed by atoms with Crippen molar-refractivity contribution in [2.45, 2.75) is 31.7 Å². The first kappa shape index (κ1) is 11.9. The smallest absolute Gasteiger partial charge is 0.274 e. The molecule has 1 heterocycles. The Morgan fingerprint density at radius 2 is 2.29 bits per heavy atom. The highest BCUT2D eigenvalue weighted by molar-refractivity contribution is 5.97. The summed E-state index contributed by atoms with van der Waals surface area (Å²) < 4.78 is 0. The Hall–Kier alpha value is -1.56. The largest absolute Gasteiger partial charge is 0.396 e. The zero-order chi connectivity index (χ0) is 12.3. The van der Waals surface area contributed by atoms with Crippen molar-refractivity contribution in [1.29, 1.82) is 0 Å². The third-order valence-corrected chi connectivity index (χ3v) is 3.25. The number of nitrogens with two attached hydrogens (primary N) is 1. The highest BCUT2D eigenvalue weighted by atomic mass is 16.3. The van der Waals surface area contributed by atoms with Crippen LogP contribution in [-0.2, 0) is 0 Å². The third kappa shape index (κ3) is 2.41. The van der Waals surface area contributed by atoms with E-state index >= 15 is 0 Å². The van der Waals surface area contributed by atoms with Crippen LogP contribution in [-0.4, -0.2) is 45.3 Å². The van der Waals surface area contributed by atoms with Crippen LogP contribution in [0.4, 0.5) is 5.69 Å². The van der Waals surface area contributed by atoms with Gasteiger partial charge in [-0.15, -0.1) is 0 Å². The normalized spacial score (nSPS) is 16.3. The number of nitrogens with one attached hydrogen (secondary N) is 1. The number of nitrogens with zero attached hydrogens (tertiary/aromatic N) is 2. The maximum absolute atomic E-state index is 12.3. The summed E-state index contributed by atoms with van der Waals surface area (Å²) in [5.74, 6) is -0.166. The van der Waals surface area contributed by atoms with Gasteiger partial charge in [0, 0.05) is 12.6 Å². The van der Waals surface area contributed by atoms with Gasteiger partial charge in [-0.2, -0.15) is 5.10 Å². The Bertz CT molecular complexity index is 385. The number of carbonyl (C=O) groups is 1. The molecule has 0 spiro atoms. The molecule has 1 amide bonds. The second-order valence-corrected chi connectivity index (χ2v) is 4.36. The fourth-order valence-electron chi connectivity index (χ4n) is 2.38. The first-order valence-corrected chi connectivity index (χ1v) is 5.94. The number of aromatic nitrogens is 2. The number of hydrogen-bond acceptors (Lipinski definition) is 4. The third-order valence-electron chi connectivity index (χ3n) is 3.25. The molecule has 0 radical (unpaired) electrons. The molecule has 0 unspecified atom stereocenters. The van der Waals surface area contributed by atoms with E-state index in [2.05, 4.69) is 10.2 Å². The fraction of sp³-hybridized carbons (Fsp3) is 0.636. The topological polar surface area (TPSA) is 95.2 Å². The molecule has 1 fully saturated rings. The zero-order valence-corrected chi connectivity index (χ0v) is 9.72. The van der Waals surface area contributed by atoms with Crippen molar-refractivity contribution in [3.05, 3.63) is 11.9 Å². The van der Waals surface area contributed by atoms with Crippen molar-refractivity contribution in [2.24, 2.45) is 0 Å². The molecule has 0 aliphatic heterocycles. The Morgan fingerprint density at radius 1 is 1.59 bits per heavy atom. The molecule has 1 aromatic heterocycles. The molecule has 6 heteroatoms. The van der Waals surface area contributed by atoms with Crippen molar-refractivity contribution >= 4 is 11.6 Å². The molecule has 1 saturated carbocycles. The first-order valence-electron chi connectivity index (χ1n) is 5.94. The van der Waals surface area contributed by atoms with Crippen LogP contribution in [0.5, 0.6) is 0 Å². The zero-order valence-electron chi connectivity index (χ0n) is 9.72. The average Bonchev–Trinajstić information content (AvgIpc) is 2.95. The van der Waals surface area contributed by atoms with E-state index in [0.717, 1.165) is 25.7 Å². The summed E-state index contributed by atoms with van der Waals surface area (Å²) in [7, 11) is 0. The maximum Gasteiger partial charge on any atom is 0.274 e. The predicted octanol–water partition coefficient (Wildman–Crippen LogP) is 0.369. The lowest BCUT2D eigenvalue weighted by Gasteiger charge is -2.27. The van der Waals surface area contributed by atoms with E-state index in [1.54, 1.807) is 4.90 Å². The van der Waals surface area contributed by atoms with Crippen molar-refractivity contribution in [1.82, 2.24) is 15.1 Å². The van der Waals surface area contributed by atoms with Crippen LogP contribution in [0.3, 0.4) is 0 Å². The van der Waals surface area contributed by atoms with Crippen molar-refractivity contribution in [3.63, 3.8) is 0 Å². The van der Waals surface area contributed by atoms with Crippen molar-refractivity contribution in [3.8, 4) is 0 Å². The summed E-state index contributed by atoms with van der Waals surface area (Å²) >= 11 is 0. The fourth-order valence-corrected chi connectivity index (χ4v) is 2.38. The van der Waals surface area contributed by atoms with Crippen LogP contribution in [0.1, 0.15) is 36.2 Å². The van der Waals surface area contributed by atoms with Gasteiger partial charge >= 0.3 is 0 Å². The Balaban J connectivity index is 2.15. The number of amides is 1. The van der Waals surface area contributed by atoms with Crippen LogP contribution >= 0.6 is 0 Å². The monoisotopic (exact) mass is 238 g/mol. The predicted molar refractivity (Wildman–Crippen MR) is 63.4 cm³/mol. The summed E-state index contributed by atoms with van der Waals surface area (Å²) in [6, 6.07) is 0.220.